The molecule has 3 nitrogen and oxygen atoms in total. The van der Waals surface area contributed by atoms with Gasteiger partial charge in [0.15, 0.2) is 0 Å². The first-order valence-corrected chi connectivity index (χ1v) is 5.78. The fourth-order valence-electron chi connectivity index (χ4n) is 1.38. The molecule has 1 aromatic rings. The number of hydrogen-bond donors (Lipinski definition) is 1. The minimum absolute atomic E-state index is 0.277. The molecule has 5 heteroatoms. The number of nitrogens with one attached hydrogen (secondary N) is 1. The van der Waals surface area contributed by atoms with Crippen molar-refractivity contribution in [3.63, 3.8) is 0 Å². The lowest BCUT2D eigenvalue weighted by molar-refractivity contribution is 0.689. The van der Waals surface area contributed by atoms with E-state index in [1.807, 2.05) is 0 Å². The maximum Gasteiger partial charge on any atom is 0.224 e. The van der Waals surface area contributed by atoms with Crippen molar-refractivity contribution in [1.82, 2.24) is 9.97 Å². The van der Waals surface area contributed by atoms with E-state index in [1.54, 1.807) is 6.20 Å². The van der Waals surface area contributed by atoms with Crippen molar-refractivity contribution in [2.24, 2.45) is 5.92 Å². The fraction of sp³-hybridized carbons (Fsp3) is 0.556. The van der Waals surface area contributed by atoms with Gasteiger partial charge in [-0.15, -0.1) is 0 Å². The molecule has 1 saturated carbocycles. The Morgan fingerprint density at radius 1 is 1.64 bits per heavy atom. The molecule has 0 aliphatic heterocycles. The van der Waals surface area contributed by atoms with Crippen molar-refractivity contribution < 1.29 is 0 Å². The molecule has 0 amide bonds. The van der Waals surface area contributed by atoms with E-state index >= 15 is 0 Å². The summed E-state index contributed by atoms with van der Waals surface area (Å²) >= 11 is 9.09. The second-order valence-electron chi connectivity index (χ2n) is 3.61. The van der Waals surface area contributed by atoms with Crippen LogP contribution in [0.15, 0.2) is 10.7 Å². The van der Waals surface area contributed by atoms with Gasteiger partial charge >= 0.3 is 0 Å². The van der Waals surface area contributed by atoms with Gasteiger partial charge in [0.05, 0.1) is 4.47 Å². The highest BCUT2D eigenvalue weighted by atomic mass is 79.9. The Morgan fingerprint density at radius 3 is 3.00 bits per heavy atom. The largest absolute Gasteiger partial charge is 0.366 e. The summed E-state index contributed by atoms with van der Waals surface area (Å²) in [5, 5.41) is 3.61. The van der Waals surface area contributed by atoms with Gasteiger partial charge in [0.1, 0.15) is 5.82 Å². The van der Waals surface area contributed by atoms with E-state index in [2.05, 4.69) is 38.1 Å². The minimum atomic E-state index is 0.277. The second kappa shape index (κ2) is 4.03. The van der Waals surface area contributed by atoms with Crippen LogP contribution in [0, 0.1) is 5.92 Å². The standard InChI is InChI=1S/C9H11BrClN3/c1-5(6-2-3-6)13-8-7(10)4-12-9(11)14-8/h4-6H,2-3H2,1H3,(H,12,13,14). The summed E-state index contributed by atoms with van der Waals surface area (Å²) in [6.45, 7) is 2.17. The van der Waals surface area contributed by atoms with Gasteiger partial charge < -0.3 is 5.32 Å². The third-order valence-electron chi connectivity index (χ3n) is 2.41. The lowest BCUT2D eigenvalue weighted by atomic mass is 10.2. The molecule has 1 aliphatic carbocycles. The van der Waals surface area contributed by atoms with Gasteiger partial charge in [0.2, 0.25) is 5.28 Å². The van der Waals surface area contributed by atoms with Gasteiger partial charge in [-0.3, -0.25) is 0 Å². The van der Waals surface area contributed by atoms with E-state index in [9.17, 15) is 0 Å². The van der Waals surface area contributed by atoms with Crippen LogP contribution in [0.3, 0.4) is 0 Å². The highest BCUT2D eigenvalue weighted by Crippen LogP contribution is 2.34. The van der Waals surface area contributed by atoms with Crippen LogP contribution in [0.1, 0.15) is 19.8 Å². The summed E-state index contributed by atoms with van der Waals surface area (Å²) in [4.78, 5) is 7.99. The van der Waals surface area contributed by atoms with Crippen molar-refractivity contribution in [2.75, 3.05) is 5.32 Å². The molecule has 1 N–H and O–H groups in total. The minimum Gasteiger partial charge on any atom is -0.366 e. The van der Waals surface area contributed by atoms with E-state index in [4.69, 9.17) is 11.6 Å². The van der Waals surface area contributed by atoms with E-state index < -0.39 is 0 Å². The van der Waals surface area contributed by atoms with Gasteiger partial charge in [0.25, 0.3) is 0 Å². The Hall–Kier alpha value is -0.350. The Kier molecular flexibility index (Phi) is 2.93. The Labute approximate surface area is 96.4 Å². The average Bonchev–Trinajstić information content (AvgIpc) is 2.94. The van der Waals surface area contributed by atoms with E-state index in [0.717, 1.165) is 16.2 Å². The molecule has 1 unspecified atom stereocenters. The smallest absolute Gasteiger partial charge is 0.224 e. The highest BCUT2D eigenvalue weighted by molar-refractivity contribution is 9.10. The Bertz CT molecular complexity index is 341. The van der Waals surface area contributed by atoms with Gasteiger partial charge in [-0.25, -0.2) is 4.98 Å². The van der Waals surface area contributed by atoms with Gasteiger partial charge in [-0.2, -0.15) is 4.98 Å². The second-order valence-corrected chi connectivity index (χ2v) is 4.80. The molecule has 1 atom stereocenters. The normalized spacial score (nSPS) is 17.9. The van der Waals surface area contributed by atoms with E-state index in [0.29, 0.717) is 6.04 Å². The molecule has 0 radical (unpaired) electrons. The van der Waals surface area contributed by atoms with Crippen LogP contribution in [-0.2, 0) is 0 Å². The third-order valence-corrected chi connectivity index (χ3v) is 3.17. The summed E-state index contributed by atoms with van der Waals surface area (Å²) < 4.78 is 0.856. The van der Waals surface area contributed by atoms with Crippen LogP contribution in [-0.4, -0.2) is 16.0 Å². The van der Waals surface area contributed by atoms with Gasteiger partial charge in [-0.05, 0) is 53.2 Å². The number of hydrogen-bond acceptors (Lipinski definition) is 3. The monoisotopic (exact) mass is 275 g/mol. The first-order valence-electron chi connectivity index (χ1n) is 4.61. The van der Waals surface area contributed by atoms with Crippen LogP contribution in [0.25, 0.3) is 0 Å². The molecule has 1 fully saturated rings. The van der Waals surface area contributed by atoms with E-state index in [-0.39, 0.29) is 5.28 Å². The van der Waals surface area contributed by atoms with Crippen molar-refractivity contribution in [3.8, 4) is 0 Å². The predicted octanol–water partition coefficient (Wildman–Crippen LogP) is 3.10. The van der Waals surface area contributed by atoms with Crippen molar-refractivity contribution in [2.45, 2.75) is 25.8 Å². The fourth-order valence-corrected chi connectivity index (χ4v) is 1.82. The summed E-state index contributed by atoms with van der Waals surface area (Å²) in [6, 6.07) is 0.456. The number of rotatable bonds is 3. The zero-order valence-corrected chi connectivity index (χ0v) is 10.1. The predicted molar refractivity (Wildman–Crippen MR) is 60.6 cm³/mol. The van der Waals surface area contributed by atoms with Crippen LogP contribution in [0.2, 0.25) is 5.28 Å². The first-order chi connectivity index (χ1) is 6.66. The molecule has 1 aromatic heterocycles. The molecule has 1 heterocycles. The van der Waals surface area contributed by atoms with E-state index in [1.165, 1.54) is 12.8 Å². The molecule has 0 aromatic carbocycles. The average molecular weight is 277 g/mol. The summed E-state index contributed by atoms with van der Waals surface area (Å²) in [5.74, 6) is 1.57. The molecular formula is C9H11BrClN3. The lowest BCUT2D eigenvalue weighted by Gasteiger charge is -2.14. The highest BCUT2D eigenvalue weighted by Gasteiger charge is 2.28. The van der Waals surface area contributed by atoms with Gasteiger partial charge in [-0.1, -0.05) is 0 Å². The molecule has 14 heavy (non-hydrogen) atoms. The number of halogens is 2. The quantitative estimate of drug-likeness (QED) is 0.862. The molecule has 0 bridgehead atoms. The summed E-state index contributed by atoms with van der Waals surface area (Å²) in [6.07, 6.45) is 4.28. The lowest BCUT2D eigenvalue weighted by Crippen LogP contribution is -2.18. The molecule has 2 rings (SSSR count). The van der Waals surface area contributed by atoms with Crippen LogP contribution in [0.4, 0.5) is 5.82 Å². The number of anilines is 1. The number of aromatic nitrogens is 2. The Balaban J connectivity index is 2.10. The first kappa shape index (κ1) is 10.2. The third kappa shape index (κ3) is 2.36. The maximum atomic E-state index is 5.71. The summed E-state index contributed by atoms with van der Waals surface area (Å²) in [5.41, 5.74) is 0. The topological polar surface area (TPSA) is 37.8 Å². The number of nitrogens with zero attached hydrogens (tertiary/aromatic N) is 2. The molecule has 0 spiro atoms. The van der Waals surface area contributed by atoms with Crippen molar-refractivity contribution >= 4 is 33.3 Å². The zero-order valence-electron chi connectivity index (χ0n) is 7.80. The SMILES string of the molecule is CC(Nc1nc(Cl)ncc1Br)C1CC1. The van der Waals surface area contributed by atoms with Crippen LogP contribution < -0.4 is 5.32 Å². The van der Waals surface area contributed by atoms with Gasteiger partial charge in [0, 0.05) is 12.2 Å². The molecule has 0 saturated heterocycles. The Morgan fingerprint density at radius 2 is 2.36 bits per heavy atom. The zero-order chi connectivity index (χ0) is 10.1. The van der Waals surface area contributed by atoms with Crippen molar-refractivity contribution in [3.05, 3.63) is 16.0 Å². The van der Waals surface area contributed by atoms with Crippen LogP contribution >= 0.6 is 27.5 Å². The molecule has 1 aliphatic rings. The molecular weight excluding hydrogens is 265 g/mol. The summed E-state index contributed by atoms with van der Waals surface area (Å²) in [7, 11) is 0. The van der Waals surface area contributed by atoms with Crippen LogP contribution in [0.5, 0.6) is 0 Å². The van der Waals surface area contributed by atoms with Crippen molar-refractivity contribution in [1.29, 1.82) is 0 Å². The maximum absolute atomic E-state index is 5.71. The molecule has 76 valence electrons.